The summed E-state index contributed by atoms with van der Waals surface area (Å²) in [7, 11) is -2.35. The van der Waals surface area contributed by atoms with Crippen LogP contribution in [0, 0.1) is 13.8 Å². The molecule has 162 valence electrons. The highest BCUT2D eigenvalue weighted by molar-refractivity contribution is 7.92. The summed E-state index contributed by atoms with van der Waals surface area (Å²) in [5.74, 6) is -0.722. The summed E-state index contributed by atoms with van der Waals surface area (Å²) in [5, 5.41) is 2.68. The molecule has 0 saturated heterocycles. The number of carbonyl (C=O) groups excluding carboxylic acids is 2. The van der Waals surface area contributed by atoms with Crippen molar-refractivity contribution in [3.8, 4) is 5.75 Å². The van der Waals surface area contributed by atoms with E-state index in [0.717, 1.165) is 16.1 Å². The van der Waals surface area contributed by atoms with Crippen LogP contribution in [0.2, 0.25) is 0 Å². The number of carbonyl (C=O) groups is 2. The average molecular weight is 435 g/mol. The lowest BCUT2D eigenvalue weighted by Gasteiger charge is -2.24. The third-order valence-electron chi connectivity index (χ3n) is 4.39. The van der Waals surface area contributed by atoms with Gasteiger partial charge in [0.05, 0.1) is 31.2 Å². The molecule has 9 heteroatoms. The lowest BCUT2D eigenvalue weighted by atomic mass is 10.1. The molecule has 2 aromatic rings. The Morgan fingerprint density at radius 2 is 1.83 bits per heavy atom. The molecule has 0 bridgehead atoms. The van der Waals surface area contributed by atoms with Gasteiger partial charge in [-0.1, -0.05) is 12.1 Å². The van der Waals surface area contributed by atoms with Gasteiger partial charge in [-0.15, -0.1) is 0 Å². The van der Waals surface area contributed by atoms with Crippen LogP contribution in [0.25, 0.3) is 0 Å². The molecule has 0 aromatic heterocycles. The van der Waals surface area contributed by atoms with Crippen molar-refractivity contribution < 1.29 is 27.5 Å². The summed E-state index contributed by atoms with van der Waals surface area (Å²) in [4.78, 5) is 24.8. The number of benzene rings is 2. The van der Waals surface area contributed by atoms with Gasteiger partial charge in [0, 0.05) is 5.69 Å². The van der Waals surface area contributed by atoms with Crippen LogP contribution in [0.15, 0.2) is 36.4 Å². The molecule has 0 unspecified atom stereocenters. The second-order valence-corrected chi connectivity index (χ2v) is 8.60. The molecular weight excluding hydrogens is 408 g/mol. The molecule has 0 aliphatic carbocycles. The van der Waals surface area contributed by atoms with Gasteiger partial charge in [0.1, 0.15) is 12.3 Å². The number of sulfonamides is 1. The van der Waals surface area contributed by atoms with E-state index in [1.165, 1.54) is 7.11 Å². The fourth-order valence-corrected chi connectivity index (χ4v) is 3.75. The van der Waals surface area contributed by atoms with Gasteiger partial charge < -0.3 is 14.8 Å². The number of nitrogens with one attached hydrogen (secondary N) is 1. The van der Waals surface area contributed by atoms with E-state index in [0.29, 0.717) is 22.6 Å². The Bertz CT molecular complexity index is 1050. The molecule has 0 fully saturated rings. The van der Waals surface area contributed by atoms with Crippen LogP contribution < -0.4 is 14.4 Å². The molecular formula is C21H26N2O6S. The van der Waals surface area contributed by atoms with Crippen LogP contribution in [-0.4, -0.2) is 46.8 Å². The second kappa shape index (κ2) is 9.62. The predicted octanol–water partition coefficient (Wildman–Crippen LogP) is 2.89. The number of nitrogens with zero attached hydrogens (tertiary/aromatic N) is 1. The van der Waals surface area contributed by atoms with E-state index in [-0.39, 0.29) is 12.3 Å². The molecule has 0 saturated carbocycles. The molecule has 0 aliphatic rings. The monoisotopic (exact) mass is 434 g/mol. The van der Waals surface area contributed by atoms with Crippen LogP contribution in [0.1, 0.15) is 28.4 Å². The highest BCUT2D eigenvalue weighted by Crippen LogP contribution is 2.31. The highest BCUT2D eigenvalue weighted by atomic mass is 32.2. The first-order chi connectivity index (χ1) is 14.1. The zero-order chi connectivity index (χ0) is 22.5. The Morgan fingerprint density at radius 3 is 2.43 bits per heavy atom. The molecule has 0 aliphatic heterocycles. The Hall–Kier alpha value is -3.07. The quantitative estimate of drug-likeness (QED) is 0.641. The van der Waals surface area contributed by atoms with Crippen LogP contribution in [-0.2, 0) is 19.6 Å². The minimum Gasteiger partial charge on any atom is -0.495 e. The summed E-state index contributed by atoms with van der Waals surface area (Å²) >= 11 is 0. The first-order valence-electron chi connectivity index (χ1n) is 9.27. The van der Waals surface area contributed by atoms with Crippen molar-refractivity contribution in [2.75, 3.05) is 36.1 Å². The van der Waals surface area contributed by atoms with E-state index in [9.17, 15) is 18.0 Å². The van der Waals surface area contributed by atoms with E-state index < -0.39 is 28.4 Å². The smallest absolute Gasteiger partial charge is 0.338 e. The topological polar surface area (TPSA) is 102 Å². The maximum Gasteiger partial charge on any atom is 0.338 e. The van der Waals surface area contributed by atoms with Crippen LogP contribution in [0.5, 0.6) is 5.75 Å². The van der Waals surface area contributed by atoms with Crippen molar-refractivity contribution in [1.82, 2.24) is 0 Å². The normalized spacial score (nSPS) is 11.0. The standard InChI is InChI=1S/C21H26N2O6S/c1-6-29-21(25)16-8-7-9-17(15(16)3)22-20(24)13-23(30(5,26)27)18-12-14(2)10-11-19(18)28-4/h7-12H,6,13H2,1-5H3,(H,22,24). The van der Waals surface area contributed by atoms with Gasteiger partial charge in [-0.2, -0.15) is 0 Å². The lowest BCUT2D eigenvalue weighted by molar-refractivity contribution is -0.114. The van der Waals surface area contributed by atoms with Gasteiger partial charge in [-0.05, 0) is 56.2 Å². The van der Waals surface area contributed by atoms with Crippen molar-refractivity contribution in [3.63, 3.8) is 0 Å². The number of amides is 1. The first kappa shape index (κ1) is 23.2. The van der Waals surface area contributed by atoms with Gasteiger partial charge in [-0.3, -0.25) is 9.10 Å². The van der Waals surface area contributed by atoms with Crippen molar-refractivity contribution in [2.24, 2.45) is 0 Å². The van der Waals surface area contributed by atoms with E-state index in [1.807, 2.05) is 6.92 Å². The maximum absolute atomic E-state index is 12.7. The minimum atomic E-state index is -3.78. The van der Waals surface area contributed by atoms with E-state index in [1.54, 1.807) is 50.2 Å². The predicted molar refractivity (Wildman–Crippen MR) is 116 cm³/mol. The Kier molecular flexibility index (Phi) is 7.44. The van der Waals surface area contributed by atoms with E-state index in [2.05, 4.69) is 5.32 Å². The highest BCUT2D eigenvalue weighted by Gasteiger charge is 2.25. The molecule has 0 atom stereocenters. The summed E-state index contributed by atoms with van der Waals surface area (Å²) in [6.07, 6.45) is 1.02. The lowest BCUT2D eigenvalue weighted by Crippen LogP contribution is -2.37. The summed E-state index contributed by atoms with van der Waals surface area (Å²) < 4.78 is 36.1. The zero-order valence-electron chi connectivity index (χ0n) is 17.7. The minimum absolute atomic E-state index is 0.233. The van der Waals surface area contributed by atoms with Gasteiger partial charge in [0.25, 0.3) is 0 Å². The molecule has 30 heavy (non-hydrogen) atoms. The van der Waals surface area contributed by atoms with E-state index >= 15 is 0 Å². The Balaban J connectivity index is 2.32. The van der Waals surface area contributed by atoms with Gasteiger partial charge in [0.2, 0.25) is 15.9 Å². The van der Waals surface area contributed by atoms with Gasteiger partial charge in [0.15, 0.2) is 0 Å². The number of esters is 1. The number of aryl methyl sites for hydroxylation is 1. The molecule has 1 N–H and O–H groups in total. The van der Waals surface area contributed by atoms with Crippen LogP contribution in [0.3, 0.4) is 0 Å². The molecule has 0 heterocycles. The number of hydrogen-bond donors (Lipinski definition) is 1. The van der Waals surface area contributed by atoms with Gasteiger partial charge >= 0.3 is 5.97 Å². The van der Waals surface area contributed by atoms with Crippen molar-refractivity contribution >= 4 is 33.3 Å². The van der Waals surface area contributed by atoms with Crippen molar-refractivity contribution in [1.29, 1.82) is 0 Å². The molecule has 0 radical (unpaired) electrons. The number of rotatable bonds is 8. The molecule has 1 amide bonds. The number of methoxy groups -OCH3 is 1. The van der Waals surface area contributed by atoms with Crippen LogP contribution >= 0.6 is 0 Å². The number of ether oxygens (including phenoxy) is 2. The second-order valence-electron chi connectivity index (χ2n) is 6.69. The maximum atomic E-state index is 12.7. The fourth-order valence-electron chi connectivity index (χ4n) is 2.90. The number of anilines is 2. The molecule has 8 nitrogen and oxygen atoms in total. The summed E-state index contributed by atoms with van der Waals surface area (Å²) in [6.45, 7) is 4.98. The fraction of sp³-hybridized carbons (Fsp3) is 0.333. The largest absolute Gasteiger partial charge is 0.495 e. The van der Waals surface area contributed by atoms with Crippen molar-refractivity contribution in [3.05, 3.63) is 53.1 Å². The third kappa shape index (κ3) is 5.50. The first-order valence-corrected chi connectivity index (χ1v) is 11.1. The van der Waals surface area contributed by atoms with Gasteiger partial charge in [-0.25, -0.2) is 13.2 Å². The summed E-state index contributed by atoms with van der Waals surface area (Å²) in [6, 6.07) is 9.92. The molecule has 0 spiro atoms. The molecule has 2 aromatic carbocycles. The third-order valence-corrected chi connectivity index (χ3v) is 5.52. The van der Waals surface area contributed by atoms with E-state index in [4.69, 9.17) is 9.47 Å². The summed E-state index contributed by atoms with van der Waals surface area (Å²) in [5.41, 5.74) is 2.35. The molecule has 2 rings (SSSR count). The number of hydrogen-bond acceptors (Lipinski definition) is 6. The Labute approximate surface area is 176 Å². The van der Waals surface area contributed by atoms with Crippen molar-refractivity contribution in [2.45, 2.75) is 20.8 Å². The SMILES string of the molecule is CCOC(=O)c1cccc(NC(=O)CN(c2cc(C)ccc2OC)S(C)(=O)=O)c1C. The average Bonchev–Trinajstić information content (AvgIpc) is 2.67. The zero-order valence-corrected chi connectivity index (χ0v) is 18.5. The van der Waals surface area contributed by atoms with Crippen LogP contribution in [0.4, 0.5) is 11.4 Å². The Morgan fingerprint density at radius 1 is 1.13 bits per heavy atom.